The van der Waals surface area contributed by atoms with Gasteiger partial charge in [-0.15, -0.1) is 0 Å². The molecule has 0 radical (unpaired) electrons. The fraction of sp³-hybridized carbons (Fsp3) is 0.250. The van der Waals surface area contributed by atoms with Crippen LogP contribution in [0.5, 0.6) is 0 Å². The van der Waals surface area contributed by atoms with Crippen LogP contribution in [0.1, 0.15) is 53.8 Å². The van der Waals surface area contributed by atoms with E-state index in [0.29, 0.717) is 34.3 Å². The molecule has 180 valence electrons. The van der Waals surface area contributed by atoms with E-state index < -0.39 is 0 Å². The van der Waals surface area contributed by atoms with Crippen molar-refractivity contribution in [2.75, 3.05) is 10.6 Å². The van der Waals surface area contributed by atoms with Crippen LogP contribution in [0.2, 0.25) is 0 Å². The smallest absolute Gasteiger partial charge is 0.259 e. The van der Waals surface area contributed by atoms with E-state index in [-0.39, 0.29) is 23.7 Å². The lowest BCUT2D eigenvalue weighted by Crippen LogP contribution is -2.15. The molecule has 0 aliphatic heterocycles. The summed E-state index contributed by atoms with van der Waals surface area (Å²) in [7, 11) is 0. The topological polar surface area (TPSA) is 97.4 Å². The van der Waals surface area contributed by atoms with E-state index in [0.717, 1.165) is 16.7 Å². The number of nitrogens with one attached hydrogen (secondary N) is 2. The molecule has 7 nitrogen and oxygen atoms in total. The van der Waals surface area contributed by atoms with Crippen molar-refractivity contribution in [1.82, 2.24) is 5.16 Å². The molecule has 0 saturated heterocycles. The lowest BCUT2D eigenvalue weighted by Gasteiger charge is -2.12. The fourth-order valence-corrected chi connectivity index (χ4v) is 3.53. The summed E-state index contributed by atoms with van der Waals surface area (Å²) in [6.45, 7) is 9.82. The monoisotopic (exact) mass is 471 g/mol. The van der Waals surface area contributed by atoms with Crippen molar-refractivity contribution in [3.63, 3.8) is 0 Å². The first-order valence-electron chi connectivity index (χ1n) is 11.4. The van der Waals surface area contributed by atoms with Gasteiger partial charge in [-0.3, -0.25) is 9.59 Å². The standard InChI is InChI=1S/C28H29N3O4/c1-17-6-10-20(11-7-17)23-15-22(18(2)34-23)27(33)29-21-12-8-19(9-13-21)14-26(32)30-25-16-24(35-31-25)28(3,4)5/h6-13,15-16H,14H2,1-5H3,(H,29,33)(H,30,31,32). The Kier molecular flexibility index (Phi) is 6.60. The number of carbonyl (C=O) groups is 2. The van der Waals surface area contributed by atoms with Crippen molar-refractivity contribution in [3.05, 3.63) is 88.9 Å². The molecule has 7 heteroatoms. The Morgan fingerprint density at radius 2 is 1.60 bits per heavy atom. The number of rotatable bonds is 6. The van der Waals surface area contributed by atoms with Gasteiger partial charge >= 0.3 is 0 Å². The maximum atomic E-state index is 12.8. The maximum Gasteiger partial charge on any atom is 0.259 e. The molecule has 2 heterocycles. The Labute approximate surface area is 204 Å². The van der Waals surface area contributed by atoms with Crippen LogP contribution in [-0.4, -0.2) is 17.0 Å². The minimum Gasteiger partial charge on any atom is -0.461 e. The van der Waals surface area contributed by atoms with Crippen molar-refractivity contribution in [2.45, 2.75) is 46.5 Å². The summed E-state index contributed by atoms with van der Waals surface area (Å²) in [6, 6.07) is 18.6. The molecular weight excluding hydrogens is 442 g/mol. The van der Waals surface area contributed by atoms with Crippen molar-refractivity contribution < 1.29 is 18.5 Å². The number of nitrogens with zero attached hydrogens (tertiary/aromatic N) is 1. The zero-order chi connectivity index (χ0) is 25.2. The molecule has 0 saturated carbocycles. The highest BCUT2D eigenvalue weighted by Crippen LogP contribution is 2.27. The second kappa shape index (κ2) is 9.62. The molecule has 4 aromatic rings. The van der Waals surface area contributed by atoms with Crippen molar-refractivity contribution >= 4 is 23.3 Å². The van der Waals surface area contributed by atoms with Gasteiger partial charge in [0.25, 0.3) is 5.91 Å². The Morgan fingerprint density at radius 1 is 0.914 bits per heavy atom. The molecule has 2 N–H and O–H groups in total. The van der Waals surface area contributed by atoms with E-state index in [1.807, 2.05) is 52.0 Å². The molecule has 0 atom stereocenters. The minimum absolute atomic E-state index is 0.173. The number of furan rings is 1. The summed E-state index contributed by atoms with van der Waals surface area (Å²) in [5.74, 6) is 1.84. The summed E-state index contributed by atoms with van der Waals surface area (Å²) in [5.41, 5.74) is 3.80. The van der Waals surface area contributed by atoms with Crippen molar-refractivity contribution in [1.29, 1.82) is 0 Å². The highest BCUT2D eigenvalue weighted by Gasteiger charge is 2.20. The van der Waals surface area contributed by atoms with Crippen molar-refractivity contribution in [2.24, 2.45) is 0 Å². The second-order valence-electron chi connectivity index (χ2n) is 9.65. The van der Waals surface area contributed by atoms with Crippen LogP contribution < -0.4 is 10.6 Å². The van der Waals surface area contributed by atoms with Crippen molar-refractivity contribution in [3.8, 4) is 11.3 Å². The lowest BCUT2D eigenvalue weighted by molar-refractivity contribution is -0.115. The van der Waals surface area contributed by atoms with E-state index >= 15 is 0 Å². The molecule has 0 aliphatic rings. The molecule has 2 aromatic heterocycles. The van der Waals surface area contributed by atoms with Gasteiger partial charge in [-0.2, -0.15) is 0 Å². The molecular formula is C28H29N3O4. The van der Waals surface area contributed by atoms with Crippen LogP contribution in [0.4, 0.5) is 11.5 Å². The Hall–Kier alpha value is -4.13. The van der Waals surface area contributed by atoms with Crippen LogP contribution in [0.15, 0.2) is 69.6 Å². The van der Waals surface area contributed by atoms with Crippen LogP contribution in [0, 0.1) is 13.8 Å². The van der Waals surface area contributed by atoms with Crippen LogP contribution in [0.3, 0.4) is 0 Å². The first-order valence-corrected chi connectivity index (χ1v) is 11.4. The zero-order valence-electron chi connectivity index (χ0n) is 20.6. The van der Waals surface area contributed by atoms with Crippen LogP contribution in [-0.2, 0) is 16.6 Å². The summed E-state index contributed by atoms with van der Waals surface area (Å²) in [5, 5.41) is 9.55. The molecule has 2 aromatic carbocycles. The summed E-state index contributed by atoms with van der Waals surface area (Å²) < 4.78 is 11.1. The molecule has 0 fully saturated rings. The van der Waals surface area contributed by atoms with Gasteiger partial charge in [0, 0.05) is 22.7 Å². The predicted octanol–water partition coefficient (Wildman–Crippen LogP) is 6.28. The number of benzene rings is 2. The average Bonchev–Trinajstić information content (AvgIpc) is 3.42. The van der Waals surface area contributed by atoms with Gasteiger partial charge in [0.2, 0.25) is 5.91 Å². The van der Waals surface area contributed by atoms with Gasteiger partial charge in [-0.25, -0.2) is 0 Å². The summed E-state index contributed by atoms with van der Waals surface area (Å²) in [4.78, 5) is 25.2. The third-order valence-corrected chi connectivity index (χ3v) is 5.59. The lowest BCUT2D eigenvalue weighted by atomic mass is 9.93. The first kappa shape index (κ1) is 24.0. The van der Waals surface area contributed by atoms with Gasteiger partial charge in [0.1, 0.15) is 17.3 Å². The number of hydrogen-bond acceptors (Lipinski definition) is 5. The molecule has 4 rings (SSSR count). The van der Waals surface area contributed by atoms with Gasteiger partial charge in [0.05, 0.1) is 12.0 Å². The summed E-state index contributed by atoms with van der Waals surface area (Å²) >= 11 is 0. The molecule has 0 spiro atoms. The Balaban J connectivity index is 1.36. The third kappa shape index (κ3) is 5.87. The normalized spacial score (nSPS) is 11.3. The van der Waals surface area contributed by atoms with Gasteiger partial charge in [0.15, 0.2) is 5.82 Å². The van der Waals surface area contributed by atoms with E-state index in [2.05, 4.69) is 15.8 Å². The number of aryl methyl sites for hydroxylation is 2. The molecule has 0 bridgehead atoms. The fourth-order valence-electron chi connectivity index (χ4n) is 3.53. The van der Waals surface area contributed by atoms with Gasteiger partial charge < -0.3 is 19.6 Å². The van der Waals surface area contributed by atoms with E-state index in [4.69, 9.17) is 8.94 Å². The van der Waals surface area contributed by atoms with E-state index in [9.17, 15) is 9.59 Å². The highest BCUT2D eigenvalue weighted by molar-refractivity contribution is 6.05. The van der Waals surface area contributed by atoms with Crippen LogP contribution in [0.25, 0.3) is 11.3 Å². The zero-order valence-corrected chi connectivity index (χ0v) is 20.6. The maximum absolute atomic E-state index is 12.8. The SMILES string of the molecule is Cc1ccc(-c2cc(C(=O)Nc3ccc(CC(=O)Nc4cc(C(C)(C)C)on4)cc3)c(C)o2)cc1. The van der Waals surface area contributed by atoms with E-state index in [1.54, 1.807) is 43.3 Å². The van der Waals surface area contributed by atoms with E-state index in [1.165, 1.54) is 0 Å². The Bertz CT molecular complexity index is 1340. The van der Waals surface area contributed by atoms with Gasteiger partial charge in [-0.1, -0.05) is 67.9 Å². The minimum atomic E-state index is -0.254. The predicted molar refractivity (Wildman–Crippen MR) is 136 cm³/mol. The molecule has 0 unspecified atom stereocenters. The van der Waals surface area contributed by atoms with Crippen LogP contribution >= 0.6 is 0 Å². The first-order chi connectivity index (χ1) is 16.6. The number of aromatic nitrogens is 1. The van der Waals surface area contributed by atoms with Gasteiger partial charge in [-0.05, 0) is 37.6 Å². The Morgan fingerprint density at radius 3 is 2.23 bits per heavy atom. The summed E-state index contributed by atoms with van der Waals surface area (Å²) in [6.07, 6.45) is 0.173. The average molecular weight is 472 g/mol. The molecule has 35 heavy (non-hydrogen) atoms. The quantitative estimate of drug-likeness (QED) is 0.345. The third-order valence-electron chi connectivity index (χ3n) is 5.59. The molecule has 2 amide bonds. The highest BCUT2D eigenvalue weighted by atomic mass is 16.5. The largest absolute Gasteiger partial charge is 0.461 e. The molecule has 0 aliphatic carbocycles. The second-order valence-corrected chi connectivity index (χ2v) is 9.65. The number of hydrogen-bond donors (Lipinski definition) is 2. The number of amides is 2. The number of anilines is 2. The number of carbonyl (C=O) groups excluding carboxylic acids is 2.